The molecule has 3 fully saturated rings. The first-order chi connectivity index (χ1) is 12.0. The molecule has 1 aromatic rings. The zero-order valence-corrected chi connectivity index (χ0v) is 16.4. The van der Waals surface area contributed by atoms with E-state index in [1.165, 1.54) is 38.5 Å². The fourth-order valence-electron chi connectivity index (χ4n) is 3.96. The van der Waals surface area contributed by atoms with Crippen molar-refractivity contribution in [3.63, 3.8) is 0 Å². The molecule has 1 N–H and O–H groups in total. The van der Waals surface area contributed by atoms with Crippen LogP contribution in [0.15, 0.2) is 5.16 Å². The van der Waals surface area contributed by atoms with Crippen molar-refractivity contribution in [1.29, 1.82) is 0 Å². The molecule has 0 aliphatic heterocycles. The van der Waals surface area contributed by atoms with Gasteiger partial charge < -0.3 is 9.88 Å². The van der Waals surface area contributed by atoms with E-state index in [1.807, 2.05) is 6.92 Å². The van der Waals surface area contributed by atoms with Crippen LogP contribution in [0.4, 0.5) is 0 Å². The number of nitrogens with one attached hydrogen (secondary N) is 1. The Morgan fingerprint density at radius 3 is 2.60 bits per heavy atom. The van der Waals surface area contributed by atoms with Gasteiger partial charge >= 0.3 is 0 Å². The molecule has 0 aromatic carbocycles. The van der Waals surface area contributed by atoms with E-state index in [-0.39, 0.29) is 11.2 Å². The molecule has 4 rings (SSSR count). The SMILES string of the molecule is C[C@@H]1[C@@H](C)CCC[C@H]1NC(=O)[C@@H](C)Sc1nnc(C2CC2)n1C1CC1. The molecule has 0 radical (unpaired) electrons. The quantitative estimate of drug-likeness (QED) is 0.780. The molecule has 1 amide bonds. The van der Waals surface area contributed by atoms with Gasteiger partial charge in [0.25, 0.3) is 0 Å². The van der Waals surface area contributed by atoms with Crippen LogP contribution in [-0.2, 0) is 4.79 Å². The second-order valence-electron chi connectivity index (χ2n) is 8.36. The molecule has 1 aromatic heterocycles. The lowest BCUT2D eigenvalue weighted by molar-refractivity contribution is -0.121. The Hall–Kier alpha value is -1.04. The van der Waals surface area contributed by atoms with Crippen LogP contribution in [0.1, 0.15) is 83.5 Å². The molecule has 1 heterocycles. The van der Waals surface area contributed by atoms with Crippen LogP contribution in [-0.4, -0.2) is 32.0 Å². The van der Waals surface area contributed by atoms with Gasteiger partial charge in [0.05, 0.1) is 5.25 Å². The van der Waals surface area contributed by atoms with Crippen molar-refractivity contribution in [3.05, 3.63) is 5.82 Å². The van der Waals surface area contributed by atoms with E-state index < -0.39 is 0 Å². The van der Waals surface area contributed by atoms with Crippen molar-refractivity contribution >= 4 is 17.7 Å². The highest BCUT2D eigenvalue weighted by molar-refractivity contribution is 8.00. The van der Waals surface area contributed by atoms with Crippen molar-refractivity contribution in [3.8, 4) is 0 Å². The van der Waals surface area contributed by atoms with Crippen LogP contribution >= 0.6 is 11.8 Å². The first kappa shape index (κ1) is 17.4. The molecular weight excluding hydrogens is 332 g/mol. The molecule has 5 nitrogen and oxygen atoms in total. The molecule has 0 unspecified atom stereocenters. The normalized spacial score (nSPS) is 30.9. The van der Waals surface area contributed by atoms with E-state index in [4.69, 9.17) is 0 Å². The van der Waals surface area contributed by atoms with Crippen LogP contribution in [0.5, 0.6) is 0 Å². The second kappa shape index (κ2) is 6.93. The maximum atomic E-state index is 12.7. The third-order valence-corrected chi connectivity index (χ3v) is 7.29. The summed E-state index contributed by atoms with van der Waals surface area (Å²) in [6.07, 6.45) is 8.54. The van der Waals surface area contributed by atoms with Gasteiger partial charge in [-0.2, -0.15) is 0 Å². The number of nitrogens with zero attached hydrogens (tertiary/aromatic N) is 3. The minimum atomic E-state index is -0.127. The smallest absolute Gasteiger partial charge is 0.233 e. The van der Waals surface area contributed by atoms with Gasteiger partial charge in [-0.3, -0.25) is 4.79 Å². The number of hydrogen-bond donors (Lipinski definition) is 1. The zero-order chi connectivity index (χ0) is 17.6. The molecule has 3 aliphatic rings. The van der Waals surface area contributed by atoms with Crippen molar-refractivity contribution in [2.45, 2.75) is 94.1 Å². The lowest BCUT2D eigenvalue weighted by Crippen LogP contribution is -2.46. The zero-order valence-electron chi connectivity index (χ0n) is 15.6. The molecule has 0 bridgehead atoms. The van der Waals surface area contributed by atoms with Gasteiger partial charge in [0.15, 0.2) is 5.16 Å². The average molecular weight is 363 g/mol. The summed E-state index contributed by atoms with van der Waals surface area (Å²) in [5.74, 6) is 3.17. The summed E-state index contributed by atoms with van der Waals surface area (Å²) >= 11 is 1.58. The van der Waals surface area contributed by atoms with Crippen LogP contribution in [0.3, 0.4) is 0 Å². The number of hydrogen-bond acceptors (Lipinski definition) is 4. The van der Waals surface area contributed by atoms with Crippen LogP contribution in [0.25, 0.3) is 0 Å². The molecule has 0 spiro atoms. The molecule has 138 valence electrons. The number of rotatable bonds is 6. The Balaban J connectivity index is 1.40. The molecule has 4 atom stereocenters. The van der Waals surface area contributed by atoms with E-state index in [2.05, 4.69) is 33.9 Å². The third kappa shape index (κ3) is 3.74. The summed E-state index contributed by atoms with van der Waals surface area (Å²) in [7, 11) is 0. The molecule has 6 heteroatoms. The van der Waals surface area contributed by atoms with Gasteiger partial charge in [-0.05, 0) is 50.9 Å². The van der Waals surface area contributed by atoms with Gasteiger partial charge in [0.2, 0.25) is 5.91 Å². The largest absolute Gasteiger partial charge is 0.352 e. The molecule has 3 saturated carbocycles. The summed E-state index contributed by atoms with van der Waals surface area (Å²) in [6.45, 7) is 6.58. The highest BCUT2D eigenvalue weighted by Crippen LogP contribution is 2.46. The predicted molar refractivity (Wildman–Crippen MR) is 99.7 cm³/mol. The van der Waals surface area contributed by atoms with Crippen molar-refractivity contribution in [2.75, 3.05) is 0 Å². The third-order valence-electron chi connectivity index (χ3n) is 6.23. The maximum Gasteiger partial charge on any atom is 0.233 e. The highest BCUT2D eigenvalue weighted by atomic mass is 32.2. The summed E-state index contributed by atoms with van der Waals surface area (Å²) < 4.78 is 2.33. The Kier molecular flexibility index (Phi) is 4.82. The maximum absolute atomic E-state index is 12.7. The Bertz CT molecular complexity index is 637. The molecule has 3 aliphatic carbocycles. The number of amides is 1. The van der Waals surface area contributed by atoms with Gasteiger partial charge in [0, 0.05) is 18.0 Å². The van der Waals surface area contributed by atoms with Gasteiger partial charge in [-0.15, -0.1) is 10.2 Å². The lowest BCUT2D eigenvalue weighted by atomic mass is 9.78. The van der Waals surface area contributed by atoms with E-state index in [1.54, 1.807) is 11.8 Å². The average Bonchev–Trinajstić information content (AvgIpc) is 3.50. The topological polar surface area (TPSA) is 59.8 Å². The van der Waals surface area contributed by atoms with Crippen LogP contribution < -0.4 is 5.32 Å². The van der Waals surface area contributed by atoms with Crippen molar-refractivity contribution < 1.29 is 4.79 Å². The predicted octanol–water partition coefficient (Wildman–Crippen LogP) is 3.91. The number of carbonyl (C=O) groups is 1. The van der Waals surface area contributed by atoms with E-state index in [0.717, 1.165) is 17.4 Å². The molecular formula is C19H30N4OS. The number of carbonyl (C=O) groups excluding carboxylic acids is 1. The van der Waals surface area contributed by atoms with Crippen molar-refractivity contribution in [2.24, 2.45) is 11.8 Å². The second-order valence-corrected chi connectivity index (χ2v) is 9.67. The van der Waals surface area contributed by atoms with E-state index in [9.17, 15) is 4.79 Å². The summed E-state index contributed by atoms with van der Waals surface area (Å²) in [6, 6.07) is 0.894. The van der Waals surface area contributed by atoms with Gasteiger partial charge in [0.1, 0.15) is 5.82 Å². The Labute approximate surface area is 154 Å². The van der Waals surface area contributed by atoms with Crippen LogP contribution in [0, 0.1) is 11.8 Å². The summed E-state index contributed by atoms with van der Waals surface area (Å²) in [5, 5.41) is 13.0. The van der Waals surface area contributed by atoms with Gasteiger partial charge in [-0.25, -0.2) is 0 Å². The highest BCUT2D eigenvalue weighted by Gasteiger charge is 2.37. The fourth-order valence-corrected chi connectivity index (χ4v) is 4.90. The first-order valence-electron chi connectivity index (χ1n) is 9.96. The standard InChI is InChI=1S/C19H30N4OS/c1-11-5-4-6-16(12(11)2)20-18(24)13(3)25-19-22-21-17(14-7-8-14)23(19)15-9-10-15/h11-16H,4-10H2,1-3H3,(H,20,24)/t11-,12+,13+,16+/m0/s1. The molecule has 25 heavy (non-hydrogen) atoms. The number of aromatic nitrogens is 3. The minimum Gasteiger partial charge on any atom is -0.352 e. The summed E-state index contributed by atoms with van der Waals surface area (Å²) in [4.78, 5) is 12.7. The molecule has 0 saturated heterocycles. The van der Waals surface area contributed by atoms with Crippen molar-refractivity contribution in [1.82, 2.24) is 20.1 Å². The van der Waals surface area contributed by atoms with Gasteiger partial charge in [-0.1, -0.05) is 38.5 Å². The minimum absolute atomic E-state index is 0.127. The van der Waals surface area contributed by atoms with E-state index in [0.29, 0.717) is 29.8 Å². The fraction of sp³-hybridized carbons (Fsp3) is 0.842. The Morgan fingerprint density at radius 1 is 1.16 bits per heavy atom. The van der Waals surface area contributed by atoms with E-state index >= 15 is 0 Å². The monoisotopic (exact) mass is 362 g/mol. The Morgan fingerprint density at radius 2 is 1.92 bits per heavy atom. The van der Waals surface area contributed by atoms with Crippen LogP contribution in [0.2, 0.25) is 0 Å². The lowest BCUT2D eigenvalue weighted by Gasteiger charge is -2.35. The number of thioether (sulfide) groups is 1. The first-order valence-corrected chi connectivity index (χ1v) is 10.8. The summed E-state index contributed by atoms with van der Waals surface area (Å²) in [5.41, 5.74) is 0.